The molecule has 0 amide bonds. The molecule has 0 saturated carbocycles. The zero-order valence-corrected chi connectivity index (χ0v) is 8.23. The molecule has 1 aromatic rings. The van der Waals surface area contributed by atoms with Crippen molar-refractivity contribution in [3.05, 3.63) is 41.5 Å². The lowest BCUT2D eigenvalue weighted by Gasteiger charge is -1.99. The number of aryl methyl sites for hydroxylation is 1. The van der Waals surface area contributed by atoms with Gasteiger partial charge in [0.2, 0.25) is 0 Å². The van der Waals surface area contributed by atoms with Crippen LogP contribution >= 0.6 is 0 Å². The zero-order chi connectivity index (χ0) is 10.4. The molecular weight excluding hydrogens is 176 g/mol. The maximum atomic E-state index is 10.3. The monoisotopic (exact) mass is 190 g/mol. The molecule has 0 aliphatic carbocycles. The van der Waals surface area contributed by atoms with Gasteiger partial charge in [-0.15, -0.1) is 0 Å². The summed E-state index contributed by atoms with van der Waals surface area (Å²) in [5.74, 6) is -0.911. The van der Waals surface area contributed by atoms with Crippen molar-refractivity contribution in [2.75, 3.05) is 0 Å². The van der Waals surface area contributed by atoms with Gasteiger partial charge < -0.3 is 5.11 Å². The molecule has 0 aliphatic heterocycles. The van der Waals surface area contributed by atoms with Crippen LogP contribution in [0.4, 0.5) is 0 Å². The maximum absolute atomic E-state index is 10.3. The molecule has 0 saturated heterocycles. The van der Waals surface area contributed by atoms with Crippen molar-refractivity contribution in [1.82, 2.24) is 0 Å². The summed E-state index contributed by atoms with van der Waals surface area (Å²) in [5, 5.41) is 8.46. The molecule has 0 aliphatic rings. The fourth-order valence-corrected chi connectivity index (χ4v) is 1.31. The van der Waals surface area contributed by atoms with Crippen LogP contribution in [0.15, 0.2) is 30.3 Å². The van der Waals surface area contributed by atoms with Gasteiger partial charge in [-0.1, -0.05) is 37.6 Å². The summed E-state index contributed by atoms with van der Waals surface area (Å²) in [6, 6.07) is 7.93. The lowest BCUT2D eigenvalue weighted by Crippen LogP contribution is -1.87. The first-order valence-corrected chi connectivity index (χ1v) is 4.72. The van der Waals surface area contributed by atoms with E-state index >= 15 is 0 Å². The number of hydrogen-bond acceptors (Lipinski definition) is 1. The molecule has 0 aromatic heterocycles. The number of carboxylic acids is 1. The summed E-state index contributed by atoms with van der Waals surface area (Å²) in [4.78, 5) is 10.3. The predicted octanol–water partition coefficient (Wildman–Crippen LogP) is 2.74. The molecule has 1 rings (SSSR count). The summed E-state index contributed by atoms with van der Waals surface area (Å²) in [7, 11) is 0. The zero-order valence-electron chi connectivity index (χ0n) is 8.23. The van der Waals surface area contributed by atoms with Gasteiger partial charge in [-0.25, -0.2) is 4.79 Å². The van der Waals surface area contributed by atoms with Crippen molar-refractivity contribution >= 4 is 12.0 Å². The fraction of sp³-hybridized carbons (Fsp3) is 0.250. The van der Waals surface area contributed by atoms with E-state index in [0.29, 0.717) is 0 Å². The van der Waals surface area contributed by atoms with Crippen molar-refractivity contribution in [2.24, 2.45) is 0 Å². The molecule has 2 nitrogen and oxygen atoms in total. The maximum Gasteiger partial charge on any atom is 0.328 e. The van der Waals surface area contributed by atoms with Crippen LogP contribution in [0, 0.1) is 0 Å². The highest BCUT2D eigenvalue weighted by Crippen LogP contribution is 2.08. The predicted molar refractivity (Wildman–Crippen MR) is 57.1 cm³/mol. The average molecular weight is 190 g/mol. The number of hydrogen-bond donors (Lipinski definition) is 1. The third-order valence-electron chi connectivity index (χ3n) is 1.91. The number of carboxylic acid groups (broad SMARTS) is 1. The first-order valence-electron chi connectivity index (χ1n) is 4.72. The van der Waals surface area contributed by atoms with Crippen LogP contribution in [0.25, 0.3) is 6.08 Å². The minimum atomic E-state index is -0.911. The average Bonchev–Trinajstić information content (AvgIpc) is 2.16. The minimum absolute atomic E-state index is 0.911. The fourth-order valence-electron chi connectivity index (χ4n) is 1.31. The molecule has 1 aromatic carbocycles. The Morgan fingerprint density at radius 3 is 2.93 bits per heavy atom. The summed E-state index contributed by atoms with van der Waals surface area (Å²) >= 11 is 0. The van der Waals surface area contributed by atoms with Crippen molar-refractivity contribution in [1.29, 1.82) is 0 Å². The number of aliphatic carboxylic acids is 1. The SMILES string of the molecule is CCCc1cccc(/C=C/C(=O)O)c1. The van der Waals surface area contributed by atoms with E-state index in [1.165, 1.54) is 5.56 Å². The Kier molecular flexibility index (Phi) is 3.92. The first-order chi connectivity index (χ1) is 6.72. The molecule has 0 fully saturated rings. The van der Waals surface area contributed by atoms with Crippen LogP contribution in [-0.4, -0.2) is 11.1 Å². The largest absolute Gasteiger partial charge is 0.478 e. The summed E-state index contributed by atoms with van der Waals surface area (Å²) in [6.07, 6.45) is 4.91. The van der Waals surface area contributed by atoms with E-state index in [1.54, 1.807) is 6.08 Å². The van der Waals surface area contributed by atoms with Crippen LogP contribution in [0.3, 0.4) is 0 Å². The molecule has 2 heteroatoms. The summed E-state index contributed by atoms with van der Waals surface area (Å²) in [5.41, 5.74) is 2.19. The van der Waals surface area contributed by atoms with Gasteiger partial charge in [-0.05, 0) is 23.6 Å². The molecule has 74 valence electrons. The van der Waals surface area contributed by atoms with E-state index in [0.717, 1.165) is 24.5 Å². The van der Waals surface area contributed by atoms with E-state index < -0.39 is 5.97 Å². The van der Waals surface area contributed by atoms with E-state index in [1.807, 2.05) is 18.2 Å². The van der Waals surface area contributed by atoms with Crippen LogP contribution < -0.4 is 0 Å². The third kappa shape index (κ3) is 3.44. The Labute approximate surface area is 83.9 Å². The molecule has 1 N–H and O–H groups in total. The Balaban J connectivity index is 2.77. The van der Waals surface area contributed by atoms with E-state index in [2.05, 4.69) is 13.0 Å². The van der Waals surface area contributed by atoms with Gasteiger partial charge in [0.15, 0.2) is 0 Å². The Morgan fingerprint density at radius 1 is 1.50 bits per heavy atom. The molecule has 0 atom stereocenters. The lowest BCUT2D eigenvalue weighted by atomic mass is 10.1. The summed E-state index contributed by atoms with van der Waals surface area (Å²) < 4.78 is 0. The second kappa shape index (κ2) is 5.22. The number of benzene rings is 1. The normalized spacial score (nSPS) is 10.6. The van der Waals surface area contributed by atoms with Gasteiger partial charge in [0.05, 0.1) is 0 Å². The van der Waals surface area contributed by atoms with E-state index in [-0.39, 0.29) is 0 Å². The minimum Gasteiger partial charge on any atom is -0.478 e. The highest BCUT2D eigenvalue weighted by atomic mass is 16.4. The van der Waals surface area contributed by atoms with Crippen LogP contribution in [-0.2, 0) is 11.2 Å². The Morgan fingerprint density at radius 2 is 2.29 bits per heavy atom. The third-order valence-corrected chi connectivity index (χ3v) is 1.91. The second-order valence-electron chi connectivity index (χ2n) is 3.17. The Bertz CT molecular complexity index is 340. The Hall–Kier alpha value is -1.57. The highest BCUT2D eigenvalue weighted by molar-refractivity contribution is 5.85. The van der Waals surface area contributed by atoms with Gasteiger partial charge in [0.25, 0.3) is 0 Å². The lowest BCUT2D eigenvalue weighted by molar-refractivity contribution is -0.131. The van der Waals surface area contributed by atoms with Gasteiger partial charge in [-0.2, -0.15) is 0 Å². The van der Waals surface area contributed by atoms with Gasteiger partial charge >= 0.3 is 5.97 Å². The molecule has 0 unspecified atom stereocenters. The van der Waals surface area contributed by atoms with Crippen LogP contribution in [0.5, 0.6) is 0 Å². The van der Waals surface area contributed by atoms with Crippen LogP contribution in [0.1, 0.15) is 24.5 Å². The smallest absolute Gasteiger partial charge is 0.328 e. The van der Waals surface area contributed by atoms with Crippen molar-refractivity contribution < 1.29 is 9.90 Å². The highest BCUT2D eigenvalue weighted by Gasteiger charge is 1.93. The van der Waals surface area contributed by atoms with E-state index in [9.17, 15) is 4.79 Å². The topological polar surface area (TPSA) is 37.3 Å². The molecule has 0 spiro atoms. The standard InChI is InChI=1S/C12H14O2/c1-2-4-10-5-3-6-11(9-10)7-8-12(13)14/h3,5-9H,2,4H2,1H3,(H,13,14)/b8-7+. The van der Waals surface area contributed by atoms with Crippen molar-refractivity contribution in [3.63, 3.8) is 0 Å². The van der Waals surface area contributed by atoms with Crippen molar-refractivity contribution in [3.8, 4) is 0 Å². The first kappa shape index (κ1) is 10.5. The summed E-state index contributed by atoms with van der Waals surface area (Å²) in [6.45, 7) is 2.12. The van der Waals surface area contributed by atoms with Crippen molar-refractivity contribution in [2.45, 2.75) is 19.8 Å². The number of rotatable bonds is 4. The quantitative estimate of drug-likeness (QED) is 0.741. The molecule has 0 heterocycles. The van der Waals surface area contributed by atoms with Crippen LogP contribution in [0.2, 0.25) is 0 Å². The molecule has 14 heavy (non-hydrogen) atoms. The molecule has 0 radical (unpaired) electrons. The van der Waals surface area contributed by atoms with Gasteiger partial charge in [0.1, 0.15) is 0 Å². The molecular formula is C12H14O2. The molecule has 0 bridgehead atoms. The van der Waals surface area contributed by atoms with Gasteiger partial charge in [0, 0.05) is 6.08 Å². The van der Waals surface area contributed by atoms with E-state index in [4.69, 9.17) is 5.11 Å². The second-order valence-corrected chi connectivity index (χ2v) is 3.17. The number of carbonyl (C=O) groups is 1. The van der Waals surface area contributed by atoms with Gasteiger partial charge in [-0.3, -0.25) is 0 Å².